The van der Waals surface area contributed by atoms with Crippen LogP contribution in [0.5, 0.6) is 0 Å². The van der Waals surface area contributed by atoms with Crippen molar-refractivity contribution >= 4 is 27.2 Å². The minimum Gasteiger partial charge on any atom is -0.389 e. The van der Waals surface area contributed by atoms with Gasteiger partial charge in [0.2, 0.25) is 10.0 Å². The Morgan fingerprint density at radius 2 is 2.21 bits per heavy atom. The zero-order valence-electron chi connectivity index (χ0n) is 10.9. The molecule has 0 bridgehead atoms. The van der Waals surface area contributed by atoms with Crippen LogP contribution >= 0.6 is 12.2 Å². The summed E-state index contributed by atoms with van der Waals surface area (Å²) in [6.07, 6.45) is 0.602. The number of sulfonamides is 1. The van der Waals surface area contributed by atoms with Gasteiger partial charge in [0.1, 0.15) is 4.99 Å². The maximum atomic E-state index is 12.1. The molecule has 106 valence electrons. The minimum absolute atomic E-state index is 0.155. The van der Waals surface area contributed by atoms with Gasteiger partial charge in [-0.1, -0.05) is 24.4 Å². The molecule has 0 saturated carbocycles. The predicted octanol–water partition coefficient (Wildman–Crippen LogP) is 1.02. The molecule has 1 unspecified atom stereocenters. The Labute approximate surface area is 119 Å². The van der Waals surface area contributed by atoms with Gasteiger partial charge in [-0.25, -0.2) is 13.1 Å². The molecular weight excluding hydrogens is 284 g/mol. The number of hydrogen-bond acceptors (Lipinski definition) is 4. The fraction of sp³-hybridized carbons (Fsp3) is 0.417. The molecule has 0 aliphatic heterocycles. The van der Waals surface area contributed by atoms with E-state index >= 15 is 0 Å². The van der Waals surface area contributed by atoms with E-state index < -0.39 is 10.0 Å². The Morgan fingerprint density at radius 3 is 2.79 bits per heavy atom. The lowest BCUT2D eigenvalue weighted by Gasteiger charge is -2.14. The molecule has 0 saturated heterocycles. The van der Waals surface area contributed by atoms with Crippen molar-refractivity contribution in [1.82, 2.24) is 4.72 Å². The number of hydrogen-bond donors (Lipinski definition) is 2. The van der Waals surface area contributed by atoms with Gasteiger partial charge < -0.3 is 10.5 Å². The summed E-state index contributed by atoms with van der Waals surface area (Å²) in [6.45, 7) is 2.28. The fourth-order valence-corrected chi connectivity index (χ4v) is 2.95. The summed E-state index contributed by atoms with van der Waals surface area (Å²) in [5.74, 6) is 0. The van der Waals surface area contributed by atoms with Crippen LogP contribution in [0.25, 0.3) is 0 Å². The van der Waals surface area contributed by atoms with E-state index in [4.69, 9.17) is 22.7 Å². The maximum absolute atomic E-state index is 12.1. The van der Waals surface area contributed by atoms with E-state index in [9.17, 15) is 8.42 Å². The Hall–Kier alpha value is -1.02. The highest BCUT2D eigenvalue weighted by Gasteiger charge is 2.17. The Balaban J connectivity index is 2.88. The standard InChI is InChI=1S/C12H18N2O3S2/c1-9(6-7-17-2)14-19(15,16)11-5-3-4-10(8-11)12(13)18/h3-5,8-9,14H,6-7H2,1-2H3,(H2,13,18). The Kier molecular flexibility index (Phi) is 5.86. The summed E-state index contributed by atoms with van der Waals surface area (Å²) >= 11 is 4.84. The van der Waals surface area contributed by atoms with Crippen molar-refractivity contribution in [3.63, 3.8) is 0 Å². The number of methoxy groups -OCH3 is 1. The van der Waals surface area contributed by atoms with E-state index in [2.05, 4.69) is 4.72 Å². The van der Waals surface area contributed by atoms with Crippen molar-refractivity contribution < 1.29 is 13.2 Å². The zero-order chi connectivity index (χ0) is 14.5. The largest absolute Gasteiger partial charge is 0.389 e. The van der Waals surface area contributed by atoms with Crippen molar-refractivity contribution in [3.05, 3.63) is 29.8 Å². The van der Waals surface area contributed by atoms with E-state index in [1.165, 1.54) is 12.1 Å². The summed E-state index contributed by atoms with van der Waals surface area (Å²) in [7, 11) is -1.99. The van der Waals surface area contributed by atoms with Gasteiger partial charge in [0.25, 0.3) is 0 Å². The van der Waals surface area contributed by atoms with Gasteiger partial charge in [-0.05, 0) is 25.5 Å². The second-order valence-corrected chi connectivity index (χ2v) is 6.35. The van der Waals surface area contributed by atoms with Crippen LogP contribution < -0.4 is 10.5 Å². The van der Waals surface area contributed by atoms with Crippen LogP contribution in [-0.2, 0) is 14.8 Å². The summed E-state index contributed by atoms with van der Waals surface area (Å²) in [6, 6.07) is 6.05. The molecule has 5 nitrogen and oxygen atoms in total. The molecule has 7 heteroatoms. The summed E-state index contributed by atoms with van der Waals surface area (Å²) in [5.41, 5.74) is 6.02. The molecular formula is C12H18N2O3S2. The smallest absolute Gasteiger partial charge is 0.240 e. The van der Waals surface area contributed by atoms with Crippen molar-refractivity contribution in [1.29, 1.82) is 0 Å². The second kappa shape index (κ2) is 6.95. The fourth-order valence-electron chi connectivity index (χ4n) is 1.50. The molecule has 0 fully saturated rings. The molecule has 1 atom stereocenters. The molecule has 3 N–H and O–H groups in total. The lowest BCUT2D eigenvalue weighted by atomic mass is 10.2. The van der Waals surface area contributed by atoms with Crippen LogP contribution in [-0.4, -0.2) is 33.2 Å². The number of nitrogens with two attached hydrogens (primary N) is 1. The van der Waals surface area contributed by atoms with Crippen molar-refractivity contribution in [2.75, 3.05) is 13.7 Å². The van der Waals surface area contributed by atoms with E-state index in [1.54, 1.807) is 26.2 Å². The van der Waals surface area contributed by atoms with E-state index in [0.29, 0.717) is 18.6 Å². The summed E-state index contributed by atoms with van der Waals surface area (Å²) < 4.78 is 31.8. The van der Waals surface area contributed by atoms with Crippen LogP contribution in [0.1, 0.15) is 18.9 Å². The molecule has 1 aromatic rings. The monoisotopic (exact) mass is 302 g/mol. The first-order valence-electron chi connectivity index (χ1n) is 5.78. The first-order valence-corrected chi connectivity index (χ1v) is 7.67. The van der Waals surface area contributed by atoms with Gasteiger partial charge in [0.05, 0.1) is 4.90 Å². The van der Waals surface area contributed by atoms with Gasteiger partial charge in [0.15, 0.2) is 0 Å². The minimum atomic E-state index is -3.57. The average Bonchev–Trinajstić information content (AvgIpc) is 2.36. The molecule has 0 heterocycles. The normalized spacial score (nSPS) is 13.2. The third-order valence-corrected chi connectivity index (χ3v) is 4.36. The van der Waals surface area contributed by atoms with Gasteiger partial charge in [-0.15, -0.1) is 0 Å². The van der Waals surface area contributed by atoms with Crippen LogP contribution in [0, 0.1) is 0 Å². The number of ether oxygens (including phenoxy) is 1. The topological polar surface area (TPSA) is 81.4 Å². The zero-order valence-corrected chi connectivity index (χ0v) is 12.6. The first-order chi connectivity index (χ1) is 8.86. The molecule has 0 aromatic heterocycles. The van der Waals surface area contributed by atoms with Crippen LogP contribution in [0.2, 0.25) is 0 Å². The molecule has 1 rings (SSSR count). The molecule has 0 aliphatic carbocycles. The lowest BCUT2D eigenvalue weighted by Crippen LogP contribution is -2.33. The number of thiocarbonyl (C=S) groups is 1. The van der Waals surface area contributed by atoms with Gasteiger partial charge >= 0.3 is 0 Å². The maximum Gasteiger partial charge on any atom is 0.240 e. The highest BCUT2D eigenvalue weighted by molar-refractivity contribution is 7.89. The molecule has 1 aromatic carbocycles. The molecule has 19 heavy (non-hydrogen) atoms. The number of benzene rings is 1. The average molecular weight is 302 g/mol. The summed E-state index contributed by atoms with van der Waals surface area (Å²) in [4.78, 5) is 0.326. The number of nitrogens with one attached hydrogen (secondary N) is 1. The van der Waals surface area contributed by atoms with Gasteiger partial charge in [0, 0.05) is 25.3 Å². The predicted molar refractivity (Wildman–Crippen MR) is 78.6 cm³/mol. The molecule has 0 spiro atoms. The lowest BCUT2D eigenvalue weighted by molar-refractivity contribution is 0.188. The van der Waals surface area contributed by atoms with Crippen molar-refractivity contribution in [2.24, 2.45) is 5.73 Å². The molecule has 0 amide bonds. The highest BCUT2D eigenvalue weighted by Crippen LogP contribution is 2.12. The Morgan fingerprint density at radius 1 is 1.53 bits per heavy atom. The summed E-state index contributed by atoms with van der Waals surface area (Å²) in [5, 5.41) is 0. The van der Waals surface area contributed by atoms with Crippen molar-refractivity contribution in [2.45, 2.75) is 24.3 Å². The van der Waals surface area contributed by atoms with E-state index in [-0.39, 0.29) is 15.9 Å². The van der Waals surface area contributed by atoms with E-state index in [1.807, 2.05) is 0 Å². The third-order valence-electron chi connectivity index (χ3n) is 2.54. The SMILES string of the molecule is COCCC(C)NS(=O)(=O)c1cccc(C(N)=S)c1. The Bertz CT molecular complexity index is 544. The van der Waals surface area contributed by atoms with Crippen molar-refractivity contribution in [3.8, 4) is 0 Å². The number of rotatable bonds is 7. The first kappa shape index (κ1) is 16.0. The highest BCUT2D eigenvalue weighted by atomic mass is 32.2. The quantitative estimate of drug-likeness (QED) is 0.735. The van der Waals surface area contributed by atoms with Crippen LogP contribution in [0.15, 0.2) is 29.2 Å². The van der Waals surface area contributed by atoms with E-state index in [0.717, 1.165) is 0 Å². The van der Waals surface area contributed by atoms with Gasteiger partial charge in [-0.3, -0.25) is 0 Å². The van der Waals surface area contributed by atoms with Gasteiger partial charge in [-0.2, -0.15) is 0 Å². The van der Waals surface area contributed by atoms with Crippen LogP contribution in [0.4, 0.5) is 0 Å². The molecule has 0 aliphatic rings. The third kappa shape index (κ3) is 4.87. The van der Waals surface area contributed by atoms with Crippen LogP contribution in [0.3, 0.4) is 0 Å². The second-order valence-electron chi connectivity index (χ2n) is 4.20. The molecule has 0 radical (unpaired) electrons.